The highest BCUT2D eigenvalue weighted by atomic mass is 35.5. The van der Waals surface area contributed by atoms with Gasteiger partial charge in [-0.1, -0.05) is 11.6 Å². The molecule has 1 aliphatic rings. The zero-order chi connectivity index (χ0) is 13.4. The molecule has 2 heterocycles. The number of halogens is 1. The number of benzene rings is 1. The number of hydrogen-bond donors (Lipinski definition) is 0. The minimum Gasteiger partial charge on any atom is -0.423 e. The second kappa shape index (κ2) is 5.02. The van der Waals surface area contributed by atoms with Gasteiger partial charge in [0.15, 0.2) is 5.58 Å². The number of nitrogens with zero attached hydrogens (tertiary/aromatic N) is 3. The van der Waals surface area contributed by atoms with Crippen LogP contribution in [0.4, 0.5) is 6.01 Å². The standard InChI is InChI=1S/C14H18ClN3O/c1-17(2)11-5-7-18(8-6-11)14-16-12-9-10(15)3-4-13(12)19-14/h3-4,9,11H,5-8H2,1-2H3. The van der Waals surface area contributed by atoms with Gasteiger partial charge in [-0.2, -0.15) is 4.98 Å². The Morgan fingerprint density at radius 2 is 2.05 bits per heavy atom. The normalized spacial score (nSPS) is 17.6. The second-order valence-corrected chi connectivity index (χ2v) is 5.73. The SMILES string of the molecule is CN(C)C1CCN(c2nc3cc(Cl)ccc3o2)CC1. The average molecular weight is 280 g/mol. The molecule has 0 radical (unpaired) electrons. The van der Waals surface area contributed by atoms with Crippen LogP contribution in [0.5, 0.6) is 0 Å². The summed E-state index contributed by atoms with van der Waals surface area (Å²) in [5.41, 5.74) is 1.63. The molecule has 0 unspecified atom stereocenters. The van der Waals surface area contributed by atoms with E-state index in [0.29, 0.717) is 11.1 Å². The Morgan fingerprint density at radius 3 is 2.74 bits per heavy atom. The number of hydrogen-bond acceptors (Lipinski definition) is 4. The van der Waals surface area contributed by atoms with E-state index in [9.17, 15) is 0 Å². The van der Waals surface area contributed by atoms with Crippen LogP contribution in [0.15, 0.2) is 22.6 Å². The van der Waals surface area contributed by atoms with Gasteiger partial charge in [-0.05, 0) is 45.1 Å². The Labute approximate surface area is 117 Å². The van der Waals surface area contributed by atoms with Gasteiger partial charge in [0, 0.05) is 24.2 Å². The summed E-state index contributed by atoms with van der Waals surface area (Å²) in [6.07, 6.45) is 2.29. The van der Waals surface area contributed by atoms with Crippen molar-refractivity contribution in [2.24, 2.45) is 0 Å². The monoisotopic (exact) mass is 279 g/mol. The summed E-state index contributed by atoms with van der Waals surface area (Å²) in [6.45, 7) is 1.98. The number of aromatic nitrogens is 1. The highest BCUT2D eigenvalue weighted by Gasteiger charge is 2.23. The van der Waals surface area contributed by atoms with Crippen molar-refractivity contribution in [3.63, 3.8) is 0 Å². The number of rotatable bonds is 2. The predicted molar refractivity (Wildman–Crippen MR) is 77.9 cm³/mol. The van der Waals surface area contributed by atoms with Crippen LogP contribution in [0, 0.1) is 0 Å². The van der Waals surface area contributed by atoms with Crippen molar-refractivity contribution in [2.45, 2.75) is 18.9 Å². The van der Waals surface area contributed by atoms with E-state index < -0.39 is 0 Å². The molecule has 4 nitrogen and oxygen atoms in total. The highest BCUT2D eigenvalue weighted by Crippen LogP contribution is 2.27. The molecule has 19 heavy (non-hydrogen) atoms. The van der Waals surface area contributed by atoms with Gasteiger partial charge in [-0.15, -0.1) is 0 Å². The number of fused-ring (bicyclic) bond motifs is 1. The molecule has 1 aliphatic heterocycles. The van der Waals surface area contributed by atoms with Crippen LogP contribution in [0.25, 0.3) is 11.1 Å². The Morgan fingerprint density at radius 1 is 1.32 bits per heavy atom. The lowest BCUT2D eigenvalue weighted by Crippen LogP contribution is -2.42. The van der Waals surface area contributed by atoms with E-state index in [0.717, 1.165) is 43.0 Å². The molecule has 5 heteroatoms. The minimum absolute atomic E-state index is 0.662. The first-order valence-corrected chi connectivity index (χ1v) is 6.99. The molecule has 1 saturated heterocycles. The van der Waals surface area contributed by atoms with E-state index in [2.05, 4.69) is 28.9 Å². The summed E-state index contributed by atoms with van der Waals surface area (Å²) >= 11 is 5.97. The summed E-state index contributed by atoms with van der Waals surface area (Å²) < 4.78 is 5.80. The molecular weight excluding hydrogens is 262 g/mol. The quantitative estimate of drug-likeness (QED) is 0.846. The lowest BCUT2D eigenvalue weighted by atomic mass is 10.0. The number of anilines is 1. The second-order valence-electron chi connectivity index (χ2n) is 5.29. The van der Waals surface area contributed by atoms with E-state index in [1.165, 1.54) is 0 Å². The Kier molecular flexibility index (Phi) is 3.37. The van der Waals surface area contributed by atoms with E-state index in [1.54, 1.807) is 0 Å². The molecule has 0 bridgehead atoms. The van der Waals surface area contributed by atoms with Gasteiger partial charge in [-0.3, -0.25) is 0 Å². The van der Waals surface area contributed by atoms with Crippen molar-refractivity contribution in [3.05, 3.63) is 23.2 Å². The molecule has 0 spiro atoms. The molecule has 0 atom stereocenters. The predicted octanol–water partition coefficient (Wildman–Crippen LogP) is 3.01. The molecule has 3 rings (SSSR count). The molecule has 0 amide bonds. The number of piperidine rings is 1. The van der Waals surface area contributed by atoms with Crippen LogP contribution in [0.1, 0.15) is 12.8 Å². The third kappa shape index (κ3) is 2.55. The van der Waals surface area contributed by atoms with Gasteiger partial charge >= 0.3 is 0 Å². The maximum atomic E-state index is 5.97. The Balaban J connectivity index is 1.78. The molecule has 0 aliphatic carbocycles. The van der Waals surface area contributed by atoms with Gasteiger partial charge in [0.25, 0.3) is 6.01 Å². The fourth-order valence-electron chi connectivity index (χ4n) is 2.60. The van der Waals surface area contributed by atoms with Crippen molar-refractivity contribution in [1.29, 1.82) is 0 Å². The van der Waals surface area contributed by atoms with Crippen LogP contribution < -0.4 is 4.90 Å². The molecule has 102 valence electrons. The Hall–Kier alpha value is -1.26. The topological polar surface area (TPSA) is 32.5 Å². The first-order chi connectivity index (χ1) is 9.13. The number of oxazole rings is 1. The summed E-state index contributed by atoms with van der Waals surface area (Å²) in [7, 11) is 4.28. The van der Waals surface area contributed by atoms with Gasteiger partial charge in [-0.25, -0.2) is 0 Å². The van der Waals surface area contributed by atoms with Gasteiger partial charge in [0.1, 0.15) is 5.52 Å². The average Bonchev–Trinajstić information content (AvgIpc) is 2.81. The molecular formula is C14H18ClN3O. The first-order valence-electron chi connectivity index (χ1n) is 6.61. The lowest BCUT2D eigenvalue weighted by Gasteiger charge is -2.34. The fourth-order valence-corrected chi connectivity index (χ4v) is 2.76. The minimum atomic E-state index is 0.662. The lowest BCUT2D eigenvalue weighted by molar-refractivity contribution is 0.247. The Bertz CT molecular complexity index is 573. The van der Waals surface area contributed by atoms with Crippen molar-refractivity contribution >= 4 is 28.7 Å². The molecule has 1 fully saturated rings. The summed E-state index contributed by atoms with van der Waals surface area (Å²) in [6, 6.07) is 6.93. The molecule has 1 aromatic heterocycles. The van der Waals surface area contributed by atoms with Crippen molar-refractivity contribution in [1.82, 2.24) is 9.88 Å². The summed E-state index contributed by atoms with van der Waals surface area (Å²) in [5, 5.41) is 0.693. The molecule has 0 N–H and O–H groups in total. The van der Waals surface area contributed by atoms with Crippen molar-refractivity contribution in [2.75, 3.05) is 32.1 Å². The molecule has 2 aromatic rings. The van der Waals surface area contributed by atoms with Crippen LogP contribution in [0.3, 0.4) is 0 Å². The fraction of sp³-hybridized carbons (Fsp3) is 0.500. The van der Waals surface area contributed by atoms with E-state index >= 15 is 0 Å². The van der Waals surface area contributed by atoms with Crippen molar-refractivity contribution in [3.8, 4) is 0 Å². The largest absolute Gasteiger partial charge is 0.423 e. The highest BCUT2D eigenvalue weighted by molar-refractivity contribution is 6.31. The van der Waals surface area contributed by atoms with Gasteiger partial charge < -0.3 is 14.2 Å². The third-order valence-electron chi connectivity index (χ3n) is 3.80. The first kappa shape index (κ1) is 12.8. The zero-order valence-corrected chi connectivity index (χ0v) is 12.0. The third-order valence-corrected chi connectivity index (χ3v) is 4.04. The van der Waals surface area contributed by atoms with Crippen LogP contribution in [0.2, 0.25) is 5.02 Å². The summed E-state index contributed by atoms with van der Waals surface area (Å²) in [4.78, 5) is 9.04. The van der Waals surface area contributed by atoms with Crippen LogP contribution in [-0.2, 0) is 0 Å². The maximum absolute atomic E-state index is 5.97. The smallest absolute Gasteiger partial charge is 0.298 e. The zero-order valence-electron chi connectivity index (χ0n) is 11.3. The summed E-state index contributed by atoms with van der Waals surface area (Å²) in [5.74, 6) is 0. The van der Waals surface area contributed by atoms with Gasteiger partial charge in [0.2, 0.25) is 0 Å². The van der Waals surface area contributed by atoms with Gasteiger partial charge in [0.05, 0.1) is 0 Å². The van der Waals surface area contributed by atoms with Crippen LogP contribution >= 0.6 is 11.6 Å². The van der Waals surface area contributed by atoms with Crippen molar-refractivity contribution < 1.29 is 4.42 Å². The van der Waals surface area contributed by atoms with E-state index in [-0.39, 0.29) is 0 Å². The van der Waals surface area contributed by atoms with E-state index in [4.69, 9.17) is 16.0 Å². The van der Waals surface area contributed by atoms with Crippen LogP contribution in [-0.4, -0.2) is 43.1 Å². The van der Waals surface area contributed by atoms with E-state index in [1.807, 2.05) is 18.2 Å². The maximum Gasteiger partial charge on any atom is 0.298 e. The molecule has 0 saturated carbocycles. The molecule has 1 aromatic carbocycles.